The molecule has 1 aromatic carbocycles. The predicted molar refractivity (Wildman–Crippen MR) is 70.9 cm³/mol. The van der Waals surface area contributed by atoms with E-state index < -0.39 is 0 Å². The minimum atomic E-state index is -0.143. The molecule has 1 rings (SSSR count). The number of halogens is 1. The number of amides is 2. The van der Waals surface area contributed by atoms with E-state index in [0.29, 0.717) is 6.54 Å². The van der Waals surface area contributed by atoms with E-state index in [1.807, 2.05) is 32.9 Å². The van der Waals surface area contributed by atoms with Gasteiger partial charge in [-0.05, 0) is 43.5 Å². The Morgan fingerprint density at radius 2 is 1.88 bits per heavy atom. The first kappa shape index (κ1) is 13.0. The summed E-state index contributed by atoms with van der Waals surface area (Å²) in [6.07, 6.45) is 0.936. The lowest BCUT2D eigenvalue weighted by molar-refractivity contribution is 0.252. The van der Waals surface area contributed by atoms with Crippen molar-refractivity contribution in [1.29, 1.82) is 0 Å². The normalized spacial score (nSPS) is 10.0. The summed E-state index contributed by atoms with van der Waals surface area (Å²) in [6, 6.07) is 3.83. The molecule has 0 aliphatic carbocycles. The van der Waals surface area contributed by atoms with Crippen LogP contribution in [0.1, 0.15) is 24.5 Å². The summed E-state index contributed by atoms with van der Waals surface area (Å²) in [6.45, 7) is 6.68. The molecule has 0 unspecified atom stereocenters. The number of carbonyl (C=O) groups excluding carboxylic acids is 1. The van der Waals surface area contributed by atoms with Crippen molar-refractivity contribution >= 4 is 27.6 Å². The van der Waals surface area contributed by atoms with Crippen LogP contribution in [0.2, 0.25) is 0 Å². The number of urea groups is 1. The highest BCUT2D eigenvalue weighted by atomic mass is 79.9. The van der Waals surface area contributed by atoms with Crippen molar-refractivity contribution in [2.45, 2.75) is 27.2 Å². The van der Waals surface area contributed by atoms with Crippen LogP contribution in [-0.2, 0) is 0 Å². The van der Waals surface area contributed by atoms with Crippen molar-refractivity contribution in [3.8, 4) is 0 Å². The number of anilines is 1. The third-order valence-corrected chi connectivity index (χ3v) is 2.73. The molecule has 2 N–H and O–H groups in total. The summed E-state index contributed by atoms with van der Waals surface area (Å²) in [5.41, 5.74) is 2.99. The minimum Gasteiger partial charge on any atom is -0.338 e. The van der Waals surface area contributed by atoms with E-state index >= 15 is 0 Å². The number of aryl methyl sites for hydroxylation is 2. The third-order valence-electron chi connectivity index (χ3n) is 2.27. The Balaban J connectivity index is 2.77. The van der Waals surface area contributed by atoms with Crippen molar-refractivity contribution < 1.29 is 4.79 Å². The average Bonchev–Trinajstić information content (AvgIpc) is 2.20. The van der Waals surface area contributed by atoms with Crippen LogP contribution in [0.15, 0.2) is 16.6 Å². The zero-order valence-corrected chi connectivity index (χ0v) is 11.4. The van der Waals surface area contributed by atoms with E-state index in [1.54, 1.807) is 0 Å². The molecule has 0 aliphatic rings. The smallest absolute Gasteiger partial charge is 0.319 e. The predicted octanol–water partition coefficient (Wildman–Crippen LogP) is 3.60. The highest BCUT2D eigenvalue weighted by Gasteiger charge is 2.07. The number of rotatable bonds is 3. The van der Waals surface area contributed by atoms with Crippen LogP contribution in [0.25, 0.3) is 0 Å². The van der Waals surface area contributed by atoms with Crippen LogP contribution >= 0.6 is 15.9 Å². The zero-order valence-electron chi connectivity index (χ0n) is 9.86. The van der Waals surface area contributed by atoms with Gasteiger partial charge in [-0.25, -0.2) is 4.79 Å². The van der Waals surface area contributed by atoms with E-state index in [-0.39, 0.29) is 6.03 Å². The molecule has 0 spiro atoms. The summed E-state index contributed by atoms with van der Waals surface area (Å²) >= 11 is 3.43. The van der Waals surface area contributed by atoms with Crippen LogP contribution in [-0.4, -0.2) is 12.6 Å². The molecule has 0 saturated carbocycles. The van der Waals surface area contributed by atoms with Crippen molar-refractivity contribution in [3.63, 3.8) is 0 Å². The van der Waals surface area contributed by atoms with E-state index in [4.69, 9.17) is 0 Å². The molecule has 0 saturated heterocycles. The molecule has 16 heavy (non-hydrogen) atoms. The first-order valence-electron chi connectivity index (χ1n) is 5.36. The highest BCUT2D eigenvalue weighted by molar-refractivity contribution is 9.10. The lowest BCUT2D eigenvalue weighted by atomic mass is 10.1. The van der Waals surface area contributed by atoms with E-state index in [1.165, 1.54) is 0 Å². The molecule has 4 heteroatoms. The second-order valence-electron chi connectivity index (χ2n) is 3.80. The van der Waals surface area contributed by atoms with E-state index in [2.05, 4.69) is 26.6 Å². The van der Waals surface area contributed by atoms with Gasteiger partial charge in [-0.3, -0.25) is 0 Å². The lowest BCUT2D eigenvalue weighted by Gasteiger charge is -2.12. The highest BCUT2D eigenvalue weighted by Crippen LogP contribution is 2.24. The summed E-state index contributed by atoms with van der Waals surface area (Å²) in [5, 5.41) is 5.66. The van der Waals surface area contributed by atoms with Gasteiger partial charge >= 0.3 is 6.03 Å². The summed E-state index contributed by atoms with van der Waals surface area (Å²) < 4.78 is 1.03. The number of benzene rings is 1. The molecule has 0 radical (unpaired) electrons. The van der Waals surface area contributed by atoms with Gasteiger partial charge in [-0.15, -0.1) is 0 Å². The van der Waals surface area contributed by atoms with Gasteiger partial charge in [0.15, 0.2) is 0 Å². The summed E-state index contributed by atoms with van der Waals surface area (Å²) in [4.78, 5) is 11.5. The fraction of sp³-hybridized carbons (Fsp3) is 0.417. The van der Waals surface area contributed by atoms with Crippen LogP contribution in [0, 0.1) is 13.8 Å². The first-order valence-corrected chi connectivity index (χ1v) is 6.15. The summed E-state index contributed by atoms with van der Waals surface area (Å²) in [7, 11) is 0. The molecule has 0 atom stereocenters. The second kappa shape index (κ2) is 5.89. The fourth-order valence-electron chi connectivity index (χ4n) is 1.50. The van der Waals surface area contributed by atoms with Gasteiger partial charge in [0.1, 0.15) is 0 Å². The molecule has 0 bridgehead atoms. The molecule has 3 nitrogen and oxygen atoms in total. The molecule has 2 amide bonds. The van der Waals surface area contributed by atoms with Crippen molar-refractivity contribution in [2.75, 3.05) is 11.9 Å². The van der Waals surface area contributed by atoms with Crippen LogP contribution in [0.5, 0.6) is 0 Å². The Kier molecular flexibility index (Phi) is 4.80. The maximum absolute atomic E-state index is 11.5. The molecule has 0 aromatic heterocycles. The molecule has 0 aliphatic heterocycles. The van der Waals surface area contributed by atoms with Gasteiger partial charge < -0.3 is 10.6 Å². The quantitative estimate of drug-likeness (QED) is 0.875. The minimum absolute atomic E-state index is 0.143. The monoisotopic (exact) mass is 284 g/mol. The van der Waals surface area contributed by atoms with Gasteiger partial charge in [0, 0.05) is 16.7 Å². The number of nitrogens with one attached hydrogen (secondary N) is 2. The molecule has 0 heterocycles. The maximum atomic E-state index is 11.5. The number of hydrogen-bond donors (Lipinski definition) is 2. The van der Waals surface area contributed by atoms with Crippen LogP contribution in [0.3, 0.4) is 0 Å². The van der Waals surface area contributed by atoms with Crippen molar-refractivity contribution in [3.05, 3.63) is 27.7 Å². The van der Waals surface area contributed by atoms with E-state index in [9.17, 15) is 4.79 Å². The van der Waals surface area contributed by atoms with Gasteiger partial charge in [0.25, 0.3) is 0 Å². The lowest BCUT2D eigenvalue weighted by Crippen LogP contribution is -2.29. The standard InChI is InChI=1S/C12H17BrN2O/c1-4-5-14-12(16)15-11-8(2)6-10(13)7-9(11)3/h6-7H,4-5H2,1-3H3,(H2,14,15,16). The van der Waals surface area contributed by atoms with Gasteiger partial charge in [0.2, 0.25) is 0 Å². The van der Waals surface area contributed by atoms with Crippen molar-refractivity contribution in [2.24, 2.45) is 0 Å². The maximum Gasteiger partial charge on any atom is 0.319 e. The number of hydrogen-bond acceptors (Lipinski definition) is 1. The first-order chi connectivity index (χ1) is 7.54. The summed E-state index contributed by atoms with van der Waals surface area (Å²) in [5.74, 6) is 0. The van der Waals surface area contributed by atoms with Gasteiger partial charge in [-0.2, -0.15) is 0 Å². The molecule has 88 valence electrons. The Hall–Kier alpha value is -1.03. The largest absolute Gasteiger partial charge is 0.338 e. The van der Waals surface area contributed by atoms with E-state index in [0.717, 1.165) is 27.7 Å². The van der Waals surface area contributed by atoms with Gasteiger partial charge in [-0.1, -0.05) is 22.9 Å². The Morgan fingerprint density at radius 3 is 2.38 bits per heavy atom. The van der Waals surface area contributed by atoms with Gasteiger partial charge in [0.05, 0.1) is 0 Å². The second-order valence-corrected chi connectivity index (χ2v) is 4.71. The number of carbonyl (C=O) groups is 1. The molecule has 1 aromatic rings. The Labute approximate surface area is 105 Å². The third kappa shape index (κ3) is 3.52. The van der Waals surface area contributed by atoms with Crippen molar-refractivity contribution in [1.82, 2.24) is 5.32 Å². The van der Waals surface area contributed by atoms with Crippen LogP contribution < -0.4 is 10.6 Å². The van der Waals surface area contributed by atoms with Crippen LogP contribution in [0.4, 0.5) is 10.5 Å². The SMILES string of the molecule is CCCNC(=O)Nc1c(C)cc(Br)cc1C. The average molecular weight is 285 g/mol. The Bertz CT molecular complexity index is 368. The molecule has 0 fully saturated rings. The molecular weight excluding hydrogens is 268 g/mol. The topological polar surface area (TPSA) is 41.1 Å². The fourth-order valence-corrected chi connectivity index (χ4v) is 2.19. The molecular formula is C12H17BrN2O. The zero-order chi connectivity index (χ0) is 12.1. The Morgan fingerprint density at radius 1 is 1.31 bits per heavy atom.